The maximum atomic E-state index is 12.3. The van der Waals surface area contributed by atoms with Gasteiger partial charge in [-0.2, -0.15) is 0 Å². The topological polar surface area (TPSA) is 61.7 Å². The van der Waals surface area contributed by atoms with E-state index in [9.17, 15) is 4.79 Å². The zero-order valence-corrected chi connectivity index (χ0v) is 14.2. The number of amides is 1. The Morgan fingerprint density at radius 2 is 1.96 bits per heavy atom. The van der Waals surface area contributed by atoms with Gasteiger partial charge in [0.25, 0.3) is 5.91 Å². The average Bonchev–Trinajstić information content (AvgIpc) is 2.89. The number of ether oxygens (including phenoxy) is 3. The van der Waals surface area contributed by atoms with E-state index in [2.05, 4.69) is 5.32 Å². The Balaban J connectivity index is 1.90. The fraction of sp³-hybridized carbons (Fsp3) is 0.389. The van der Waals surface area contributed by atoms with E-state index in [-0.39, 0.29) is 5.91 Å². The molecule has 128 valence electrons. The van der Waals surface area contributed by atoms with Crippen LogP contribution in [0, 0.1) is 13.8 Å². The summed E-state index contributed by atoms with van der Waals surface area (Å²) in [6.07, 6.45) is 0. The molecule has 1 amide bonds. The van der Waals surface area contributed by atoms with Crippen molar-refractivity contribution in [1.82, 2.24) is 9.88 Å². The van der Waals surface area contributed by atoms with Gasteiger partial charge in [-0.15, -0.1) is 0 Å². The smallest absolute Gasteiger partial charge is 0.253 e. The predicted octanol–water partition coefficient (Wildman–Crippen LogP) is 2.24. The molecule has 1 aromatic heterocycles. The quantitative estimate of drug-likeness (QED) is 0.854. The molecule has 6 heteroatoms. The van der Waals surface area contributed by atoms with Crippen molar-refractivity contribution < 1.29 is 19.0 Å². The van der Waals surface area contributed by atoms with Gasteiger partial charge < -0.3 is 24.1 Å². The largest absolute Gasteiger partial charge is 0.486 e. The molecule has 0 atom stereocenters. The molecule has 0 bridgehead atoms. The van der Waals surface area contributed by atoms with Crippen LogP contribution in [0.5, 0.6) is 11.5 Å². The van der Waals surface area contributed by atoms with E-state index in [0.29, 0.717) is 31.9 Å². The third-order valence-electron chi connectivity index (χ3n) is 4.05. The van der Waals surface area contributed by atoms with Gasteiger partial charge >= 0.3 is 0 Å². The number of nitrogens with one attached hydrogen (secondary N) is 1. The lowest BCUT2D eigenvalue weighted by Gasteiger charge is -2.20. The fourth-order valence-electron chi connectivity index (χ4n) is 2.92. The highest BCUT2D eigenvalue weighted by atomic mass is 16.6. The third-order valence-corrected chi connectivity index (χ3v) is 4.05. The van der Waals surface area contributed by atoms with Crippen LogP contribution in [-0.4, -0.2) is 43.9 Å². The van der Waals surface area contributed by atoms with Gasteiger partial charge in [0.15, 0.2) is 11.5 Å². The van der Waals surface area contributed by atoms with Gasteiger partial charge in [0.1, 0.15) is 13.2 Å². The lowest BCUT2D eigenvalue weighted by atomic mass is 10.2. The molecule has 2 heterocycles. The van der Waals surface area contributed by atoms with Gasteiger partial charge in [0, 0.05) is 36.8 Å². The van der Waals surface area contributed by atoms with Gasteiger partial charge in [-0.1, -0.05) is 0 Å². The van der Waals surface area contributed by atoms with E-state index in [1.54, 1.807) is 7.11 Å². The molecule has 6 nitrogen and oxygen atoms in total. The Labute approximate surface area is 141 Å². The fourth-order valence-corrected chi connectivity index (χ4v) is 2.92. The summed E-state index contributed by atoms with van der Waals surface area (Å²) < 4.78 is 18.2. The van der Waals surface area contributed by atoms with Gasteiger partial charge in [-0.25, -0.2) is 0 Å². The summed E-state index contributed by atoms with van der Waals surface area (Å²) in [5.74, 6) is 1.39. The van der Waals surface area contributed by atoms with E-state index in [1.165, 1.54) is 0 Å². The molecule has 2 aromatic rings. The zero-order valence-electron chi connectivity index (χ0n) is 14.2. The van der Waals surface area contributed by atoms with Crippen LogP contribution >= 0.6 is 0 Å². The number of hydrogen-bond acceptors (Lipinski definition) is 4. The van der Waals surface area contributed by atoms with Gasteiger partial charge in [-0.05, 0) is 32.0 Å². The van der Waals surface area contributed by atoms with Crippen molar-refractivity contribution in [2.24, 2.45) is 0 Å². The third kappa shape index (κ3) is 3.10. The number of carbonyl (C=O) groups is 1. The van der Waals surface area contributed by atoms with Crippen LogP contribution in [0.15, 0.2) is 24.3 Å². The standard InChI is InChI=1S/C18H22N2O4/c1-12-10-15(18(21)19-6-7-22-3)13(2)20(12)14-4-5-16-17(11-14)24-9-8-23-16/h4-5,10-11H,6-9H2,1-3H3,(H,19,21). The lowest BCUT2D eigenvalue weighted by molar-refractivity contribution is 0.0936. The molecule has 0 aliphatic carbocycles. The number of fused-ring (bicyclic) bond motifs is 1. The molecular weight excluding hydrogens is 308 g/mol. The first kappa shape index (κ1) is 16.4. The number of nitrogens with zero attached hydrogens (tertiary/aromatic N) is 1. The molecule has 1 aliphatic heterocycles. The molecule has 1 N–H and O–H groups in total. The number of aromatic nitrogens is 1. The van der Waals surface area contributed by atoms with Crippen LogP contribution in [0.2, 0.25) is 0 Å². The van der Waals surface area contributed by atoms with Crippen molar-refractivity contribution in [3.8, 4) is 17.2 Å². The van der Waals surface area contributed by atoms with Crippen molar-refractivity contribution in [3.63, 3.8) is 0 Å². The van der Waals surface area contributed by atoms with Crippen LogP contribution in [-0.2, 0) is 4.74 Å². The van der Waals surface area contributed by atoms with Crippen molar-refractivity contribution in [2.45, 2.75) is 13.8 Å². The second-order valence-corrected chi connectivity index (χ2v) is 5.70. The summed E-state index contributed by atoms with van der Waals surface area (Å²) in [7, 11) is 1.61. The number of methoxy groups -OCH3 is 1. The van der Waals surface area contributed by atoms with Crippen molar-refractivity contribution in [1.29, 1.82) is 0 Å². The molecule has 0 unspecified atom stereocenters. The number of rotatable bonds is 5. The summed E-state index contributed by atoms with van der Waals surface area (Å²) in [4.78, 5) is 12.3. The van der Waals surface area contributed by atoms with Gasteiger partial charge in [0.2, 0.25) is 0 Å². The Morgan fingerprint density at radius 1 is 1.21 bits per heavy atom. The van der Waals surface area contributed by atoms with Gasteiger partial charge in [0.05, 0.1) is 12.2 Å². The zero-order chi connectivity index (χ0) is 17.1. The van der Waals surface area contributed by atoms with E-state index < -0.39 is 0 Å². The molecule has 0 saturated heterocycles. The molecule has 1 aliphatic rings. The van der Waals surface area contributed by atoms with Crippen molar-refractivity contribution >= 4 is 5.91 Å². The molecule has 3 rings (SSSR count). The summed E-state index contributed by atoms with van der Waals surface area (Å²) in [6, 6.07) is 7.72. The summed E-state index contributed by atoms with van der Waals surface area (Å²) >= 11 is 0. The monoisotopic (exact) mass is 330 g/mol. The van der Waals surface area contributed by atoms with Crippen LogP contribution in [0.1, 0.15) is 21.7 Å². The second kappa shape index (κ2) is 6.97. The number of benzene rings is 1. The Kier molecular flexibility index (Phi) is 4.76. The first-order valence-corrected chi connectivity index (χ1v) is 7.98. The van der Waals surface area contributed by atoms with E-state index in [1.807, 2.05) is 42.7 Å². The maximum Gasteiger partial charge on any atom is 0.253 e. The first-order chi connectivity index (χ1) is 11.6. The number of hydrogen-bond donors (Lipinski definition) is 1. The number of aryl methyl sites for hydroxylation is 1. The Bertz CT molecular complexity index is 752. The minimum atomic E-state index is -0.0936. The Morgan fingerprint density at radius 3 is 2.71 bits per heavy atom. The summed E-state index contributed by atoms with van der Waals surface area (Å²) in [5.41, 5.74) is 3.49. The molecule has 0 saturated carbocycles. The lowest BCUT2D eigenvalue weighted by Crippen LogP contribution is -2.27. The Hall–Kier alpha value is -2.47. The number of carbonyl (C=O) groups excluding carboxylic acids is 1. The SMILES string of the molecule is COCCNC(=O)c1cc(C)n(-c2ccc3c(c2)OCCO3)c1C. The molecule has 24 heavy (non-hydrogen) atoms. The highest BCUT2D eigenvalue weighted by Crippen LogP contribution is 2.33. The second-order valence-electron chi connectivity index (χ2n) is 5.70. The van der Waals surface area contributed by atoms with E-state index in [4.69, 9.17) is 14.2 Å². The molecule has 0 fully saturated rings. The summed E-state index contributed by atoms with van der Waals surface area (Å²) in [5, 5.41) is 2.86. The van der Waals surface area contributed by atoms with Crippen LogP contribution < -0.4 is 14.8 Å². The van der Waals surface area contributed by atoms with Gasteiger partial charge in [-0.3, -0.25) is 4.79 Å². The normalized spacial score (nSPS) is 13.0. The van der Waals surface area contributed by atoms with Crippen molar-refractivity contribution in [2.75, 3.05) is 33.5 Å². The predicted molar refractivity (Wildman–Crippen MR) is 90.4 cm³/mol. The molecule has 0 radical (unpaired) electrons. The van der Waals surface area contributed by atoms with E-state index >= 15 is 0 Å². The van der Waals surface area contributed by atoms with E-state index in [0.717, 1.165) is 28.6 Å². The van der Waals surface area contributed by atoms with Crippen molar-refractivity contribution in [3.05, 3.63) is 41.2 Å². The highest BCUT2D eigenvalue weighted by Gasteiger charge is 2.18. The van der Waals surface area contributed by atoms with Crippen LogP contribution in [0.3, 0.4) is 0 Å². The average molecular weight is 330 g/mol. The minimum Gasteiger partial charge on any atom is -0.486 e. The first-order valence-electron chi connectivity index (χ1n) is 7.98. The molecule has 0 spiro atoms. The summed E-state index contributed by atoms with van der Waals surface area (Å²) in [6.45, 7) is 6.02. The molecule has 1 aromatic carbocycles. The maximum absolute atomic E-state index is 12.3. The van der Waals surface area contributed by atoms with Crippen LogP contribution in [0.4, 0.5) is 0 Å². The van der Waals surface area contributed by atoms with Crippen LogP contribution in [0.25, 0.3) is 5.69 Å². The highest BCUT2D eigenvalue weighted by molar-refractivity contribution is 5.95. The molecular formula is C18H22N2O4. The minimum absolute atomic E-state index is 0.0936.